The Morgan fingerprint density at radius 3 is 2.63 bits per heavy atom. The number of aryl methyl sites for hydroxylation is 1. The number of alkyl halides is 3. The molecule has 27 heavy (non-hydrogen) atoms. The van der Waals surface area contributed by atoms with E-state index in [1.807, 2.05) is 6.92 Å². The van der Waals surface area contributed by atoms with E-state index >= 15 is 0 Å². The minimum atomic E-state index is -4.65. The molecule has 0 fully saturated rings. The van der Waals surface area contributed by atoms with E-state index in [2.05, 4.69) is 9.97 Å². The maximum Gasteiger partial charge on any atom is 0.417 e. The molecule has 0 amide bonds. The van der Waals surface area contributed by atoms with E-state index < -0.39 is 22.3 Å². The summed E-state index contributed by atoms with van der Waals surface area (Å²) in [4.78, 5) is 21.4. The van der Waals surface area contributed by atoms with Gasteiger partial charge in [0.25, 0.3) is 5.56 Å². The van der Waals surface area contributed by atoms with Crippen molar-refractivity contribution in [2.45, 2.75) is 19.5 Å². The maximum absolute atomic E-state index is 13.4. The summed E-state index contributed by atoms with van der Waals surface area (Å²) in [5.41, 5.74) is -0.0479. The van der Waals surface area contributed by atoms with Gasteiger partial charge in [-0.2, -0.15) is 13.2 Å². The van der Waals surface area contributed by atoms with Gasteiger partial charge < -0.3 is 0 Å². The predicted molar refractivity (Wildman–Crippen MR) is 95.5 cm³/mol. The first-order valence-corrected chi connectivity index (χ1v) is 8.43. The van der Waals surface area contributed by atoms with Crippen LogP contribution in [0.25, 0.3) is 22.4 Å². The smallest absolute Gasteiger partial charge is 0.293 e. The lowest BCUT2D eigenvalue weighted by molar-refractivity contribution is -0.137. The minimum absolute atomic E-state index is 0.0740. The Morgan fingerprint density at radius 2 is 1.93 bits per heavy atom. The van der Waals surface area contributed by atoms with Gasteiger partial charge in [-0.05, 0) is 30.7 Å². The average molecular weight is 393 g/mol. The zero-order valence-electron chi connectivity index (χ0n) is 14.0. The van der Waals surface area contributed by atoms with Crippen LogP contribution < -0.4 is 5.56 Å². The SMILES string of the molecule is CCc1ncccc1-n1c(=O)c2nccn2c2cc(Cl)c(C(F)(F)F)cc21. The zero-order valence-corrected chi connectivity index (χ0v) is 14.7. The van der Waals surface area contributed by atoms with Crippen molar-refractivity contribution in [3.63, 3.8) is 0 Å². The van der Waals surface area contributed by atoms with E-state index in [0.29, 0.717) is 23.3 Å². The molecule has 0 saturated carbocycles. The number of imidazole rings is 1. The first-order valence-electron chi connectivity index (χ1n) is 8.05. The van der Waals surface area contributed by atoms with Crippen LogP contribution in [0.2, 0.25) is 5.02 Å². The van der Waals surface area contributed by atoms with Gasteiger partial charge in [0, 0.05) is 18.6 Å². The van der Waals surface area contributed by atoms with Gasteiger partial charge in [0.2, 0.25) is 5.65 Å². The van der Waals surface area contributed by atoms with Crippen molar-refractivity contribution in [3.8, 4) is 5.69 Å². The third-order valence-corrected chi connectivity index (χ3v) is 4.66. The summed E-state index contributed by atoms with van der Waals surface area (Å²) in [6.45, 7) is 1.85. The van der Waals surface area contributed by atoms with Crippen molar-refractivity contribution in [1.82, 2.24) is 18.9 Å². The normalized spacial score (nSPS) is 12.2. The molecule has 3 heterocycles. The highest BCUT2D eigenvalue weighted by Crippen LogP contribution is 2.37. The summed E-state index contributed by atoms with van der Waals surface area (Å²) in [6.07, 6.45) is 0.344. The first-order chi connectivity index (χ1) is 12.8. The van der Waals surface area contributed by atoms with Crippen LogP contribution in [0.4, 0.5) is 13.2 Å². The van der Waals surface area contributed by atoms with E-state index in [1.54, 1.807) is 18.3 Å². The summed E-state index contributed by atoms with van der Waals surface area (Å²) >= 11 is 5.90. The predicted octanol–water partition coefficient (Wildman–Crippen LogP) is 4.27. The summed E-state index contributed by atoms with van der Waals surface area (Å²) in [7, 11) is 0. The van der Waals surface area contributed by atoms with Crippen LogP contribution in [0.1, 0.15) is 18.2 Å². The van der Waals surface area contributed by atoms with E-state index in [0.717, 1.165) is 6.07 Å². The lowest BCUT2D eigenvalue weighted by Crippen LogP contribution is -2.23. The number of benzene rings is 1. The number of halogens is 4. The molecule has 0 unspecified atom stereocenters. The second-order valence-electron chi connectivity index (χ2n) is 5.90. The lowest BCUT2D eigenvalue weighted by atomic mass is 10.1. The molecular formula is C18H12ClF3N4O. The third-order valence-electron chi connectivity index (χ3n) is 4.35. The van der Waals surface area contributed by atoms with Crippen LogP contribution in [0.3, 0.4) is 0 Å². The van der Waals surface area contributed by atoms with Crippen LogP contribution in [0.15, 0.2) is 47.7 Å². The van der Waals surface area contributed by atoms with Crippen molar-refractivity contribution in [1.29, 1.82) is 0 Å². The second-order valence-corrected chi connectivity index (χ2v) is 6.31. The Bertz CT molecular complexity index is 1240. The molecule has 0 N–H and O–H groups in total. The van der Waals surface area contributed by atoms with Crippen molar-refractivity contribution in [2.24, 2.45) is 0 Å². The van der Waals surface area contributed by atoms with E-state index in [4.69, 9.17) is 11.6 Å². The van der Waals surface area contributed by atoms with Crippen LogP contribution >= 0.6 is 11.6 Å². The van der Waals surface area contributed by atoms with Gasteiger partial charge in [-0.1, -0.05) is 18.5 Å². The first kappa shape index (κ1) is 17.5. The monoisotopic (exact) mass is 392 g/mol. The van der Waals surface area contributed by atoms with Gasteiger partial charge in [-0.15, -0.1) is 0 Å². The number of nitrogens with zero attached hydrogens (tertiary/aromatic N) is 4. The van der Waals surface area contributed by atoms with Gasteiger partial charge in [0.15, 0.2) is 0 Å². The number of hydrogen-bond acceptors (Lipinski definition) is 3. The Kier molecular flexibility index (Phi) is 3.96. The zero-order chi connectivity index (χ0) is 19.3. The molecular weight excluding hydrogens is 381 g/mol. The number of fused-ring (bicyclic) bond motifs is 3. The largest absolute Gasteiger partial charge is 0.417 e. The molecule has 3 aromatic heterocycles. The molecule has 0 aliphatic heterocycles. The summed E-state index contributed by atoms with van der Waals surface area (Å²) < 4.78 is 42.9. The molecule has 0 spiro atoms. The summed E-state index contributed by atoms with van der Waals surface area (Å²) in [5.74, 6) is 0. The number of pyridine rings is 1. The Balaban J connectivity index is 2.25. The molecule has 138 valence electrons. The molecule has 0 bridgehead atoms. The van der Waals surface area contributed by atoms with E-state index in [9.17, 15) is 18.0 Å². The van der Waals surface area contributed by atoms with Crippen molar-refractivity contribution in [2.75, 3.05) is 0 Å². The lowest BCUT2D eigenvalue weighted by Gasteiger charge is -2.17. The van der Waals surface area contributed by atoms with Crippen LogP contribution in [0, 0.1) is 0 Å². The number of aromatic nitrogens is 4. The molecule has 0 atom stereocenters. The third kappa shape index (κ3) is 2.68. The fourth-order valence-corrected chi connectivity index (χ4v) is 3.42. The molecule has 4 rings (SSSR count). The highest BCUT2D eigenvalue weighted by molar-refractivity contribution is 6.32. The Hall–Kier alpha value is -2.87. The quantitative estimate of drug-likeness (QED) is 0.512. The van der Waals surface area contributed by atoms with Crippen molar-refractivity contribution in [3.05, 3.63) is 69.5 Å². The van der Waals surface area contributed by atoms with Crippen molar-refractivity contribution >= 4 is 28.3 Å². The van der Waals surface area contributed by atoms with Crippen LogP contribution in [0.5, 0.6) is 0 Å². The highest BCUT2D eigenvalue weighted by atomic mass is 35.5. The Labute approximate surface area is 155 Å². The Morgan fingerprint density at radius 1 is 1.15 bits per heavy atom. The number of hydrogen-bond donors (Lipinski definition) is 0. The molecule has 0 saturated heterocycles. The molecule has 9 heteroatoms. The van der Waals surface area contributed by atoms with Gasteiger partial charge in [-0.3, -0.25) is 18.7 Å². The second kappa shape index (κ2) is 6.09. The van der Waals surface area contributed by atoms with E-state index in [-0.39, 0.29) is 11.2 Å². The fraction of sp³-hybridized carbons (Fsp3) is 0.167. The molecule has 0 aliphatic rings. The highest BCUT2D eigenvalue weighted by Gasteiger charge is 2.34. The minimum Gasteiger partial charge on any atom is -0.293 e. The van der Waals surface area contributed by atoms with Crippen LogP contribution in [-0.2, 0) is 12.6 Å². The molecule has 0 radical (unpaired) electrons. The standard InChI is InChI=1S/C18H12ClF3N4O/c1-2-12-13(4-3-5-23-12)26-15-8-10(18(20,21)22)11(19)9-14(15)25-7-6-24-16(25)17(26)27/h3-9H,2H2,1H3. The molecule has 4 aromatic rings. The number of rotatable bonds is 2. The van der Waals surface area contributed by atoms with Gasteiger partial charge in [0.05, 0.1) is 33.0 Å². The molecule has 5 nitrogen and oxygen atoms in total. The maximum atomic E-state index is 13.4. The van der Waals surface area contributed by atoms with Crippen LogP contribution in [-0.4, -0.2) is 18.9 Å². The van der Waals surface area contributed by atoms with Gasteiger partial charge in [-0.25, -0.2) is 4.98 Å². The van der Waals surface area contributed by atoms with E-state index in [1.165, 1.54) is 27.4 Å². The fourth-order valence-electron chi connectivity index (χ4n) is 3.15. The van der Waals surface area contributed by atoms with Crippen molar-refractivity contribution < 1.29 is 13.2 Å². The average Bonchev–Trinajstić information content (AvgIpc) is 3.12. The molecule has 0 aliphatic carbocycles. The summed E-state index contributed by atoms with van der Waals surface area (Å²) in [5, 5.41) is -0.447. The molecule has 1 aromatic carbocycles. The van der Waals surface area contributed by atoms with Gasteiger partial charge >= 0.3 is 6.18 Å². The topological polar surface area (TPSA) is 52.2 Å². The van der Waals surface area contributed by atoms with Gasteiger partial charge in [0.1, 0.15) is 0 Å². The summed E-state index contributed by atoms with van der Waals surface area (Å²) in [6, 6.07) is 5.37.